The maximum Gasteiger partial charge on any atom is 0.329 e. The van der Waals surface area contributed by atoms with Gasteiger partial charge in [0.2, 0.25) is 11.8 Å². The molecule has 1 saturated carbocycles. The van der Waals surface area contributed by atoms with Crippen LogP contribution in [0.3, 0.4) is 0 Å². The highest BCUT2D eigenvalue weighted by Crippen LogP contribution is 2.36. The molecule has 7 heterocycles. The Balaban J connectivity index is 0.767. The molecule has 1 atom stereocenters. The summed E-state index contributed by atoms with van der Waals surface area (Å²) in [6.07, 6.45) is 8.00. The minimum Gasteiger partial charge on any atom is -0.356 e. The molecule has 4 aliphatic rings. The van der Waals surface area contributed by atoms with Crippen LogP contribution in [0.5, 0.6) is 0 Å². The molecule has 3 saturated heterocycles. The van der Waals surface area contributed by atoms with Crippen molar-refractivity contribution >= 4 is 45.9 Å². The smallest absolute Gasteiger partial charge is 0.329 e. The number of para-hydroxylation sites is 1. The van der Waals surface area contributed by atoms with Crippen LogP contribution in [0.4, 0.5) is 20.3 Å². The van der Waals surface area contributed by atoms with Gasteiger partial charge in [0, 0.05) is 71.7 Å². The van der Waals surface area contributed by atoms with Crippen molar-refractivity contribution in [3.05, 3.63) is 70.2 Å². The third-order valence-corrected chi connectivity index (χ3v) is 13.2. The molecule has 9 rings (SSSR count). The Kier molecular flexibility index (Phi) is 11.7. The number of aryl methyl sites for hydroxylation is 1. The van der Waals surface area contributed by atoms with Crippen LogP contribution in [0.15, 0.2) is 47.7 Å². The van der Waals surface area contributed by atoms with Gasteiger partial charge in [0.15, 0.2) is 11.3 Å². The lowest BCUT2D eigenvalue weighted by molar-refractivity contribution is -0.135. The number of hydrogen-bond acceptors (Lipinski definition) is 10. The zero-order valence-electron chi connectivity index (χ0n) is 35.1. The molecule has 0 bridgehead atoms. The number of benzene rings is 1. The topological polar surface area (TPSA) is 160 Å². The summed E-state index contributed by atoms with van der Waals surface area (Å²) in [5.74, 6) is 7.14. The van der Waals surface area contributed by atoms with Crippen molar-refractivity contribution in [1.29, 1.82) is 0 Å². The van der Waals surface area contributed by atoms with Crippen molar-refractivity contribution < 1.29 is 23.2 Å². The monoisotopic (exact) mass is 850 g/mol. The van der Waals surface area contributed by atoms with Gasteiger partial charge in [0.1, 0.15) is 17.4 Å². The molecular formula is C44H52F2N12O4. The van der Waals surface area contributed by atoms with Crippen LogP contribution in [0.1, 0.15) is 98.4 Å². The summed E-state index contributed by atoms with van der Waals surface area (Å²) >= 11 is 0. The minimum atomic E-state index is -2.85. The highest BCUT2D eigenvalue weighted by Gasteiger charge is 2.32. The van der Waals surface area contributed by atoms with Crippen molar-refractivity contribution in [2.75, 3.05) is 62.6 Å². The Morgan fingerprint density at radius 1 is 0.968 bits per heavy atom. The lowest BCUT2D eigenvalue weighted by atomic mass is 9.85. The maximum absolute atomic E-state index is 14.3. The first-order valence-electron chi connectivity index (χ1n) is 21.8. The standard InChI is InChI=1S/C44H52F2N12O4/c1-28-14-18-55(19-15-28)36-16-20-56-41(49-36)32(25-47-56)42(60)48-33-27-57(51-38(33)40(45)46)31-10-8-29(9-11-31)26-54-23-21-53(22-24-54)17-4-6-30-5-3-7-34-39(30)52(2)44(62)58(34)35-12-13-37(59)50-43(35)61/h3,5,7,16,20,25,27-29,31,35,40H,8-15,17-19,21-24,26H2,1-2H3,(H,48,60)(H,50,59,61)/t29-,31-,35?. The average Bonchev–Trinajstić information content (AvgIpc) is 3.96. The van der Waals surface area contributed by atoms with Crippen molar-refractivity contribution in [2.45, 2.75) is 76.8 Å². The molecule has 4 aromatic heterocycles. The number of imide groups is 1. The van der Waals surface area contributed by atoms with Gasteiger partial charge >= 0.3 is 5.69 Å². The van der Waals surface area contributed by atoms with Crippen molar-refractivity contribution in [1.82, 2.24) is 48.6 Å². The van der Waals surface area contributed by atoms with E-state index in [4.69, 9.17) is 4.98 Å². The zero-order valence-corrected chi connectivity index (χ0v) is 35.1. The number of aromatic nitrogens is 7. The third kappa shape index (κ3) is 8.35. The van der Waals surface area contributed by atoms with Gasteiger partial charge in [-0.05, 0) is 75.0 Å². The van der Waals surface area contributed by atoms with E-state index in [1.54, 1.807) is 24.1 Å². The van der Waals surface area contributed by atoms with E-state index in [9.17, 15) is 28.0 Å². The number of hydrogen-bond donors (Lipinski definition) is 2. The van der Waals surface area contributed by atoms with Gasteiger partial charge < -0.3 is 15.1 Å². The second kappa shape index (κ2) is 17.4. The molecule has 0 spiro atoms. The number of amides is 3. The number of imidazole rings is 1. The van der Waals surface area contributed by atoms with Crippen LogP contribution in [0, 0.1) is 23.7 Å². The minimum absolute atomic E-state index is 0.00162. The van der Waals surface area contributed by atoms with Crippen LogP contribution in [0.25, 0.3) is 16.7 Å². The Morgan fingerprint density at radius 3 is 2.47 bits per heavy atom. The van der Waals surface area contributed by atoms with E-state index in [1.165, 1.54) is 19.8 Å². The number of piperazine rings is 1. The predicted molar refractivity (Wildman–Crippen MR) is 228 cm³/mol. The van der Waals surface area contributed by atoms with E-state index in [1.807, 2.05) is 24.3 Å². The van der Waals surface area contributed by atoms with Gasteiger partial charge in [-0.25, -0.2) is 23.1 Å². The normalized spacial score (nSPS) is 22.0. The maximum atomic E-state index is 14.3. The lowest BCUT2D eigenvalue weighted by Gasteiger charge is -2.37. The number of nitrogens with one attached hydrogen (secondary N) is 2. The van der Waals surface area contributed by atoms with Gasteiger partial charge in [-0.1, -0.05) is 24.8 Å². The molecule has 1 unspecified atom stereocenters. The molecule has 18 heteroatoms. The Morgan fingerprint density at radius 2 is 1.73 bits per heavy atom. The first-order chi connectivity index (χ1) is 30.0. The first-order valence-corrected chi connectivity index (χ1v) is 21.8. The fourth-order valence-electron chi connectivity index (χ4n) is 9.58. The van der Waals surface area contributed by atoms with E-state index >= 15 is 0 Å². The average molecular weight is 851 g/mol. The number of halogens is 2. The molecule has 4 fully saturated rings. The molecule has 3 aliphatic heterocycles. The van der Waals surface area contributed by atoms with E-state index in [0.29, 0.717) is 40.6 Å². The van der Waals surface area contributed by atoms with Crippen molar-refractivity contribution in [3.63, 3.8) is 0 Å². The molecule has 2 N–H and O–H groups in total. The van der Waals surface area contributed by atoms with E-state index in [0.717, 1.165) is 90.2 Å². The number of carbonyl (C=O) groups is 3. The second-order valence-electron chi connectivity index (χ2n) is 17.3. The van der Waals surface area contributed by atoms with Gasteiger partial charge in [-0.2, -0.15) is 10.2 Å². The number of fused-ring (bicyclic) bond motifs is 2. The first kappa shape index (κ1) is 41.4. The highest BCUT2D eigenvalue weighted by atomic mass is 19.3. The van der Waals surface area contributed by atoms with Gasteiger partial charge in [0.05, 0.1) is 41.1 Å². The summed E-state index contributed by atoms with van der Waals surface area (Å²) in [5, 5.41) is 13.6. The van der Waals surface area contributed by atoms with Crippen LogP contribution in [0.2, 0.25) is 0 Å². The molecule has 1 aromatic carbocycles. The Labute approximate surface area is 357 Å². The molecule has 16 nitrogen and oxygen atoms in total. The van der Waals surface area contributed by atoms with E-state index in [2.05, 4.69) is 54.3 Å². The summed E-state index contributed by atoms with van der Waals surface area (Å²) in [6.45, 7) is 9.15. The molecule has 326 valence electrons. The Hall–Kier alpha value is -5.93. The van der Waals surface area contributed by atoms with Gasteiger partial charge in [-0.15, -0.1) is 0 Å². The Bertz CT molecular complexity index is 2610. The zero-order chi connectivity index (χ0) is 43.1. The summed E-state index contributed by atoms with van der Waals surface area (Å²) in [5.41, 5.74) is 1.82. The fraction of sp³-hybridized carbons (Fsp3) is 0.523. The molecule has 1 aliphatic carbocycles. The van der Waals surface area contributed by atoms with Crippen LogP contribution in [-0.2, 0) is 16.6 Å². The number of alkyl halides is 2. The molecular weight excluding hydrogens is 799 g/mol. The largest absolute Gasteiger partial charge is 0.356 e. The quantitative estimate of drug-likeness (QED) is 0.161. The summed E-state index contributed by atoms with van der Waals surface area (Å²) in [4.78, 5) is 62.9. The summed E-state index contributed by atoms with van der Waals surface area (Å²) in [6, 6.07) is 6.62. The summed E-state index contributed by atoms with van der Waals surface area (Å²) in [7, 11) is 1.68. The lowest BCUT2D eigenvalue weighted by Crippen LogP contribution is -2.48. The van der Waals surface area contributed by atoms with Gasteiger partial charge in [0.25, 0.3) is 12.3 Å². The third-order valence-electron chi connectivity index (χ3n) is 13.2. The molecule has 3 amide bonds. The number of carbonyl (C=O) groups excluding carboxylic acids is 3. The molecule has 5 aromatic rings. The van der Waals surface area contributed by atoms with Crippen LogP contribution >= 0.6 is 0 Å². The number of nitrogens with zero attached hydrogens (tertiary/aromatic N) is 10. The van der Waals surface area contributed by atoms with Crippen molar-refractivity contribution in [2.24, 2.45) is 18.9 Å². The number of piperidine rings is 2. The molecule has 0 radical (unpaired) electrons. The summed E-state index contributed by atoms with van der Waals surface area (Å²) < 4.78 is 34.7. The second-order valence-corrected chi connectivity index (χ2v) is 17.3. The van der Waals surface area contributed by atoms with Crippen LogP contribution in [-0.4, -0.2) is 113 Å². The van der Waals surface area contributed by atoms with Gasteiger partial charge in [-0.3, -0.25) is 38.4 Å². The van der Waals surface area contributed by atoms with Crippen molar-refractivity contribution in [3.8, 4) is 11.8 Å². The van der Waals surface area contributed by atoms with Crippen LogP contribution < -0.4 is 21.2 Å². The number of anilines is 2. The highest BCUT2D eigenvalue weighted by molar-refractivity contribution is 6.08. The van der Waals surface area contributed by atoms with E-state index in [-0.39, 0.29) is 41.7 Å². The molecule has 62 heavy (non-hydrogen) atoms. The fourth-order valence-corrected chi connectivity index (χ4v) is 9.58. The number of rotatable bonds is 9. The SMILES string of the molecule is CC1CCN(c2ccn3ncc(C(=O)Nc4cn([C@H]5CC[C@H](CN6CCN(CC#Cc7cccc8c7n(C)c(=O)n8C7CCC(=O)NC7=O)CC6)CC5)nc4C(F)F)c3n2)CC1. The van der Waals surface area contributed by atoms with E-state index < -0.39 is 30.0 Å². The predicted octanol–water partition coefficient (Wildman–Crippen LogP) is 4.38.